The highest BCUT2D eigenvalue weighted by Crippen LogP contribution is 2.29. The minimum atomic E-state index is 0.584. The van der Waals surface area contributed by atoms with E-state index in [-0.39, 0.29) is 0 Å². The first kappa shape index (κ1) is 14.8. The van der Waals surface area contributed by atoms with Gasteiger partial charge in [-0.15, -0.1) is 0 Å². The van der Waals surface area contributed by atoms with E-state index in [1.807, 2.05) is 38.2 Å². The summed E-state index contributed by atoms with van der Waals surface area (Å²) in [6, 6.07) is 9.75. The maximum atomic E-state index is 6.19. The minimum absolute atomic E-state index is 0.584. The van der Waals surface area contributed by atoms with Crippen molar-refractivity contribution in [3.05, 3.63) is 52.2 Å². The normalized spacial score (nSPS) is 10.6. The Hall–Kier alpha value is -1.58. The Morgan fingerprint density at radius 3 is 2.70 bits per heavy atom. The molecule has 0 aliphatic heterocycles. The van der Waals surface area contributed by atoms with Crippen molar-refractivity contribution in [2.45, 2.75) is 26.8 Å². The highest BCUT2D eigenvalue weighted by molar-refractivity contribution is 6.32. The molecule has 0 atom stereocenters. The molecule has 0 aliphatic rings. The maximum absolute atomic E-state index is 6.19. The van der Waals surface area contributed by atoms with Crippen LogP contribution in [0.4, 0.5) is 0 Å². The molecule has 4 heteroatoms. The van der Waals surface area contributed by atoms with Crippen LogP contribution in [0, 0.1) is 6.92 Å². The molecule has 0 unspecified atom stereocenters. The van der Waals surface area contributed by atoms with Crippen LogP contribution in [0.2, 0.25) is 5.02 Å². The molecule has 3 nitrogen and oxygen atoms in total. The summed E-state index contributed by atoms with van der Waals surface area (Å²) in [5.41, 5.74) is 3.27. The zero-order chi connectivity index (χ0) is 14.5. The van der Waals surface area contributed by atoms with Crippen molar-refractivity contribution in [2.24, 2.45) is 0 Å². The molecule has 1 aromatic heterocycles. The van der Waals surface area contributed by atoms with E-state index in [2.05, 4.69) is 23.3 Å². The van der Waals surface area contributed by atoms with Gasteiger partial charge in [0.25, 0.3) is 0 Å². The third-order valence-corrected chi connectivity index (χ3v) is 3.26. The van der Waals surface area contributed by atoms with Gasteiger partial charge in [0.15, 0.2) is 0 Å². The molecule has 1 aromatic carbocycles. The third-order valence-electron chi connectivity index (χ3n) is 2.96. The summed E-state index contributed by atoms with van der Waals surface area (Å²) in [6.45, 7) is 4.86. The third kappa shape index (κ3) is 3.71. The standard InChI is InChI=1S/C16H19ClN2O/c1-4-13-8-12(10-18-3)9-16(19-13)20-15-6-5-11(2)7-14(15)17/h5-9,18H,4,10H2,1-3H3. The van der Waals surface area contributed by atoms with E-state index < -0.39 is 0 Å². The summed E-state index contributed by atoms with van der Waals surface area (Å²) in [6.07, 6.45) is 0.871. The summed E-state index contributed by atoms with van der Waals surface area (Å²) >= 11 is 6.19. The first-order chi connectivity index (χ1) is 9.62. The van der Waals surface area contributed by atoms with Gasteiger partial charge in [-0.05, 0) is 49.7 Å². The van der Waals surface area contributed by atoms with Crippen LogP contribution in [0.3, 0.4) is 0 Å². The molecular formula is C16H19ClN2O. The van der Waals surface area contributed by atoms with Crippen LogP contribution in [0.25, 0.3) is 0 Å². The maximum Gasteiger partial charge on any atom is 0.219 e. The molecule has 1 N–H and O–H groups in total. The van der Waals surface area contributed by atoms with Gasteiger partial charge >= 0.3 is 0 Å². The molecule has 2 rings (SSSR count). The summed E-state index contributed by atoms with van der Waals surface area (Å²) < 4.78 is 5.82. The molecule has 0 spiro atoms. The first-order valence-corrected chi connectivity index (χ1v) is 7.08. The lowest BCUT2D eigenvalue weighted by atomic mass is 10.2. The number of hydrogen-bond acceptors (Lipinski definition) is 3. The van der Waals surface area contributed by atoms with Crippen molar-refractivity contribution in [1.82, 2.24) is 10.3 Å². The lowest BCUT2D eigenvalue weighted by molar-refractivity contribution is 0.460. The summed E-state index contributed by atoms with van der Waals surface area (Å²) in [5, 5.41) is 3.74. The lowest BCUT2D eigenvalue weighted by Gasteiger charge is -2.10. The van der Waals surface area contributed by atoms with Gasteiger partial charge in [-0.3, -0.25) is 0 Å². The monoisotopic (exact) mass is 290 g/mol. The molecule has 1 heterocycles. The zero-order valence-electron chi connectivity index (χ0n) is 12.0. The largest absolute Gasteiger partial charge is 0.437 e. The summed E-state index contributed by atoms with van der Waals surface area (Å²) in [7, 11) is 1.92. The Morgan fingerprint density at radius 2 is 2.05 bits per heavy atom. The molecular weight excluding hydrogens is 272 g/mol. The first-order valence-electron chi connectivity index (χ1n) is 6.70. The number of nitrogens with one attached hydrogen (secondary N) is 1. The van der Waals surface area contributed by atoms with Crippen LogP contribution >= 0.6 is 11.6 Å². The number of hydrogen-bond donors (Lipinski definition) is 1. The van der Waals surface area contributed by atoms with E-state index in [4.69, 9.17) is 16.3 Å². The molecule has 106 valence electrons. The van der Waals surface area contributed by atoms with Crippen LogP contribution in [0.5, 0.6) is 11.6 Å². The van der Waals surface area contributed by atoms with E-state index in [1.165, 1.54) is 0 Å². The second kappa shape index (κ2) is 6.73. The number of ether oxygens (including phenoxy) is 1. The topological polar surface area (TPSA) is 34.1 Å². The molecule has 0 fully saturated rings. The van der Waals surface area contributed by atoms with E-state index in [9.17, 15) is 0 Å². The van der Waals surface area contributed by atoms with Crippen molar-refractivity contribution >= 4 is 11.6 Å². The van der Waals surface area contributed by atoms with E-state index >= 15 is 0 Å². The molecule has 20 heavy (non-hydrogen) atoms. The highest BCUT2D eigenvalue weighted by Gasteiger charge is 2.07. The summed E-state index contributed by atoms with van der Waals surface area (Å²) in [4.78, 5) is 4.48. The highest BCUT2D eigenvalue weighted by atomic mass is 35.5. The van der Waals surface area contributed by atoms with Crippen molar-refractivity contribution in [2.75, 3.05) is 7.05 Å². The number of rotatable bonds is 5. The fourth-order valence-corrected chi connectivity index (χ4v) is 2.23. The van der Waals surface area contributed by atoms with Crippen LogP contribution in [0.15, 0.2) is 30.3 Å². The number of benzene rings is 1. The van der Waals surface area contributed by atoms with Crippen molar-refractivity contribution in [3.63, 3.8) is 0 Å². The molecule has 0 saturated carbocycles. The van der Waals surface area contributed by atoms with Gasteiger partial charge in [-0.1, -0.05) is 24.6 Å². The van der Waals surface area contributed by atoms with E-state index in [0.29, 0.717) is 16.7 Å². The summed E-state index contributed by atoms with van der Waals surface area (Å²) in [5.74, 6) is 1.22. The average molecular weight is 291 g/mol. The van der Waals surface area contributed by atoms with Crippen LogP contribution in [0.1, 0.15) is 23.7 Å². The van der Waals surface area contributed by atoms with Crippen LogP contribution in [-0.4, -0.2) is 12.0 Å². The second-order valence-electron chi connectivity index (χ2n) is 4.72. The number of aryl methyl sites for hydroxylation is 2. The van der Waals surface area contributed by atoms with Gasteiger partial charge in [0.2, 0.25) is 5.88 Å². The Labute approximate surface area is 124 Å². The van der Waals surface area contributed by atoms with Crippen molar-refractivity contribution < 1.29 is 4.74 Å². The lowest BCUT2D eigenvalue weighted by Crippen LogP contribution is -2.06. The van der Waals surface area contributed by atoms with Gasteiger partial charge in [-0.2, -0.15) is 0 Å². The molecule has 0 bridgehead atoms. The predicted molar refractivity (Wildman–Crippen MR) is 82.6 cm³/mol. The molecule has 0 radical (unpaired) electrons. The Balaban J connectivity index is 2.29. The number of nitrogens with zero attached hydrogens (tertiary/aromatic N) is 1. The molecule has 0 amide bonds. The van der Waals surface area contributed by atoms with Gasteiger partial charge in [0.1, 0.15) is 5.75 Å². The average Bonchev–Trinajstić information content (AvgIpc) is 2.42. The van der Waals surface area contributed by atoms with Crippen LogP contribution < -0.4 is 10.1 Å². The molecule has 0 aliphatic carbocycles. The SMILES string of the molecule is CCc1cc(CNC)cc(Oc2ccc(C)cc2Cl)n1. The zero-order valence-corrected chi connectivity index (χ0v) is 12.8. The molecule has 0 saturated heterocycles. The van der Waals surface area contributed by atoms with Gasteiger partial charge in [0.05, 0.1) is 5.02 Å². The van der Waals surface area contributed by atoms with E-state index in [1.54, 1.807) is 0 Å². The molecule has 2 aromatic rings. The predicted octanol–water partition coefficient (Wildman–Crippen LogP) is 4.12. The number of aromatic nitrogens is 1. The minimum Gasteiger partial charge on any atom is -0.437 e. The van der Waals surface area contributed by atoms with Gasteiger partial charge in [0, 0.05) is 18.3 Å². The quantitative estimate of drug-likeness (QED) is 0.899. The smallest absolute Gasteiger partial charge is 0.219 e. The fourth-order valence-electron chi connectivity index (χ4n) is 1.96. The Morgan fingerprint density at radius 1 is 1.25 bits per heavy atom. The van der Waals surface area contributed by atoms with Gasteiger partial charge < -0.3 is 10.1 Å². The number of pyridine rings is 1. The van der Waals surface area contributed by atoms with Crippen molar-refractivity contribution in [3.8, 4) is 11.6 Å². The Bertz CT molecular complexity index is 599. The van der Waals surface area contributed by atoms with E-state index in [0.717, 1.165) is 29.8 Å². The second-order valence-corrected chi connectivity index (χ2v) is 5.13. The van der Waals surface area contributed by atoms with Crippen LogP contribution in [-0.2, 0) is 13.0 Å². The Kier molecular flexibility index (Phi) is 4.99. The number of halogens is 1. The van der Waals surface area contributed by atoms with Crippen molar-refractivity contribution in [1.29, 1.82) is 0 Å². The fraction of sp³-hybridized carbons (Fsp3) is 0.312. The van der Waals surface area contributed by atoms with Gasteiger partial charge in [-0.25, -0.2) is 4.98 Å².